The van der Waals surface area contributed by atoms with E-state index >= 15 is 0 Å². The van der Waals surface area contributed by atoms with Crippen LogP contribution in [0.5, 0.6) is 0 Å². The summed E-state index contributed by atoms with van der Waals surface area (Å²) in [6, 6.07) is 46.4. The number of benzene rings is 6. The van der Waals surface area contributed by atoms with Gasteiger partial charge in [0.05, 0.1) is 34.7 Å². The first-order chi connectivity index (χ1) is 32.8. The maximum atomic E-state index is 13.6. The molecule has 0 spiro atoms. The quantitative estimate of drug-likeness (QED) is 0.0512. The number of amides is 1. The Morgan fingerprint density at radius 1 is 0.735 bits per heavy atom. The number of carbonyl (C=O) groups excluding carboxylic acids is 2. The lowest BCUT2D eigenvalue weighted by molar-refractivity contribution is -0.142. The van der Waals surface area contributed by atoms with Crippen molar-refractivity contribution < 1.29 is 31.2 Å². The number of aromatic nitrogens is 4. The first-order valence-corrected chi connectivity index (χ1v) is 24.5. The molecule has 18 heteroatoms. The van der Waals surface area contributed by atoms with E-state index < -0.39 is 50.0 Å². The van der Waals surface area contributed by atoms with E-state index in [9.17, 15) is 26.4 Å². The zero-order chi connectivity index (χ0) is 47.9. The molecule has 0 fully saturated rings. The number of hydrogen-bond acceptors (Lipinski definition) is 11. The smallest absolute Gasteiger partial charge is 0.325 e. The Labute approximate surface area is 394 Å². The van der Waals surface area contributed by atoms with Crippen LogP contribution >= 0.6 is 0 Å². The summed E-state index contributed by atoms with van der Waals surface area (Å²) in [6.45, 7) is 0.130. The van der Waals surface area contributed by atoms with Gasteiger partial charge in [-0.1, -0.05) is 121 Å². The molecule has 0 aliphatic heterocycles. The molecule has 0 bridgehead atoms. The highest BCUT2D eigenvalue weighted by Crippen LogP contribution is 2.42. The fourth-order valence-electron chi connectivity index (χ4n) is 8.22. The molecule has 1 amide bonds. The van der Waals surface area contributed by atoms with Crippen LogP contribution in [0.15, 0.2) is 180 Å². The average molecular weight is 952 g/mol. The van der Waals surface area contributed by atoms with Crippen LogP contribution in [0.4, 0.5) is 5.95 Å². The topological polar surface area (TPSA) is 221 Å². The number of rotatable bonds is 19. The van der Waals surface area contributed by atoms with Crippen molar-refractivity contribution in [3.05, 3.63) is 198 Å². The molecule has 6 N–H and O–H groups in total. The van der Waals surface area contributed by atoms with Crippen molar-refractivity contribution in [3.63, 3.8) is 0 Å². The van der Waals surface area contributed by atoms with E-state index in [0.717, 1.165) is 29.2 Å². The molecule has 0 aliphatic rings. The number of carbonyl (C=O) groups is 2. The number of nitrogens with zero attached hydrogens (tertiary/aromatic N) is 4. The Balaban J connectivity index is 0.963. The largest absolute Gasteiger partial charge is 0.468 e. The van der Waals surface area contributed by atoms with Gasteiger partial charge in [0, 0.05) is 50.0 Å². The Hall–Kier alpha value is -7.48. The molecule has 8 rings (SSSR count). The van der Waals surface area contributed by atoms with Crippen LogP contribution in [0.1, 0.15) is 32.7 Å². The van der Waals surface area contributed by atoms with Crippen molar-refractivity contribution in [3.8, 4) is 11.1 Å². The Morgan fingerprint density at radius 3 is 1.81 bits per heavy atom. The number of esters is 1. The zero-order valence-electron chi connectivity index (χ0n) is 37.1. The van der Waals surface area contributed by atoms with E-state index in [1.165, 1.54) is 24.3 Å². The van der Waals surface area contributed by atoms with Crippen molar-refractivity contribution in [2.24, 2.45) is 12.8 Å². The number of hydrogen-bond donors (Lipinski definition) is 5. The molecular weight excluding hydrogens is 903 g/mol. The molecule has 6 aromatic carbocycles. The van der Waals surface area contributed by atoms with Gasteiger partial charge in [-0.2, -0.15) is 9.82 Å². The summed E-state index contributed by atoms with van der Waals surface area (Å²) in [5, 5.41) is 11.8. The molecule has 0 saturated carbocycles. The molecule has 2 aromatic heterocycles. The molecule has 1 unspecified atom stereocenters. The number of fused-ring (bicyclic) bond motifs is 1. The van der Waals surface area contributed by atoms with Gasteiger partial charge < -0.3 is 21.1 Å². The van der Waals surface area contributed by atoms with E-state index in [1.807, 2.05) is 60.8 Å². The monoisotopic (exact) mass is 951 g/mol. The predicted molar refractivity (Wildman–Crippen MR) is 259 cm³/mol. The SMILES string of the molecule is COC(=O)C(CNC(=O)c1ccc2c(CNc3nccn3C(c3ccccc3)(c3ccccc3)c3ccccc3)nn(C)c2c1)NS(=O)(=O)c1ccc(-c2ccc(S(=O)(=O)NCCN)cc2)cc1. The highest BCUT2D eigenvalue weighted by molar-refractivity contribution is 7.89. The summed E-state index contributed by atoms with van der Waals surface area (Å²) in [7, 11) is -5.12. The second kappa shape index (κ2) is 20.2. The molecule has 0 aliphatic carbocycles. The zero-order valence-corrected chi connectivity index (χ0v) is 38.7. The first kappa shape index (κ1) is 47.0. The van der Waals surface area contributed by atoms with Crippen molar-refractivity contribution in [2.75, 3.05) is 32.1 Å². The Kier molecular flexibility index (Phi) is 14.0. The number of nitrogens with one attached hydrogen (secondary N) is 4. The van der Waals surface area contributed by atoms with Crippen LogP contribution in [0, 0.1) is 0 Å². The molecular formula is C50H49N9O7S2. The number of sulfonamides is 2. The van der Waals surface area contributed by atoms with Gasteiger partial charge in [-0.25, -0.2) is 26.5 Å². The van der Waals surface area contributed by atoms with Gasteiger partial charge in [0.15, 0.2) is 0 Å². The van der Waals surface area contributed by atoms with Gasteiger partial charge in [-0.05, 0) is 64.2 Å². The lowest BCUT2D eigenvalue weighted by Gasteiger charge is -2.38. The number of aryl methyl sites for hydroxylation is 1. The van der Waals surface area contributed by atoms with Crippen LogP contribution in [0.3, 0.4) is 0 Å². The van der Waals surface area contributed by atoms with Gasteiger partial charge >= 0.3 is 5.97 Å². The van der Waals surface area contributed by atoms with Crippen molar-refractivity contribution >= 4 is 48.8 Å². The van der Waals surface area contributed by atoms with Crippen LogP contribution in [-0.2, 0) is 48.7 Å². The van der Waals surface area contributed by atoms with Gasteiger partial charge in [-0.3, -0.25) is 18.8 Å². The Morgan fingerprint density at radius 2 is 1.28 bits per heavy atom. The highest BCUT2D eigenvalue weighted by atomic mass is 32.2. The molecule has 0 radical (unpaired) electrons. The van der Waals surface area contributed by atoms with E-state index in [2.05, 4.69) is 61.0 Å². The fourth-order valence-corrected chi connectivity index (χ4v) is 10.5. The predicted octanol–water partition coefficient (Wildman–Crippen LogP) is 5.38. The lowest BCUT2D eigenvalue weighted by Crippen LogP contribution is -2.48. The average Bonchev–Trinajstić information content (AvgIpc) is 3.98. The summed E-state index contributed by atoms with van der Waals surface area (Å²) in [5.74, 6) is -0.852. The summed E-state index contributed by atoms with van der Waals surface area (Å²) in [6.07, 6.45) is 3.74. The minimum Gasteiger partial charge on any atom is -0.468 e. The van der Waals surface area contributed by atoms with Crippen molar-refractivity contribution in [2.45, 2.75) is 27.9 Å². The maximum Gasteiger partial charge on any atom is 0.325 e. The van der Waals surface area contributed by atoms with E-state index in [4.69, 9.17) is 20.6 Å². The number of ether oxygens (including phenoxy) is 1. The first-order valence-electron chi connectivity index (χ1n) is 21.5. The molecule has 2 heterocycles. The summed E-state index contributed by atoms with van der Waals surface area (Å²) in [5.41, 5.74) is 10.7. The van der Waals surface area contributed by atoms with Gasteiger partial charge in [0.25, 0.3) is 5.91 Å². The molecule has 68 heavy (non-hydrogen) atoms. The fraction of sp³-hybridized carbons (Fsp3) is 0.160. The van der Waals surface area contributed by atoms with Gasteiger partial charge in [0.1, 0.15) is 11.6 Å². The highest BCUT2D eigenvalue weighted by Gasteiger charge is 2.40. The van der Waals surface area contributed by atoms with Crippen LogP contribution in [0.25, 0.3) is 22.0 Å². The van der Waals surface area contributed by atoms with Crippen LogP contribution in [-0.4, -0.2) is 80.8 Å². The molecule has 1 atom stereocenters. The molecule has 348 valence electrons. The van der Waals surface area contributed by atoms with Crippen LogP contribution in [0.2, 0.25) is 0 Å². The molecule has 0 saturated heterocycles. The standard InChI is InChI=1S/C50H49N9O7S2/c1-58-46-32-37(47(60)53-34-45(48(61)66-2)57-68(64,65)42-25-20-36(21-26-42)35-18-23-41(24-19-35)67(62,63)55-29-28-51)22-27-43(46)44(56-58)33-54-49-52-30-31-59(49)50(38-12-6-3-7-13-38,39-14-8-4-9-15-39)40-16-10-5-11-17-40/h3-27,30-32,45,55,57H,28-29,33-34,51H2,1-2H3,(H,52,54)(H,53,60). The van der Waals surface area contributed by atoms with Gasteiger partial charge in [0.2, 0.25) is 26.0 Å². The summed E-state index contributed by atoms with van der Waals surface area (Å²) in [4.78, 5) is 31.1. The van der Waals surface area contributed by atoms with E-state index in [0.29, 0.717) is 34.8 Å². The Bertz CT molecular complexity index is 3160. The summed E-state index contributed by atoms with van der Waals surface area (Å²) < 4.78 is 65.4. The third kappa shape index (κ3) is 9.67. The van der Waals surface area contributed by atoms with E-state index in [-0.39, 0.29) is 28.4 Å². The third-order valence-corrected chi connectivity index (χ3v) is 14.5. The van der Waals surface area contributed by atoms with Crippen molar-refractivity contribution in [1.29, 1.82) is 0 Å². The summed E-state index contributed by atoms with van der Waals surface area (Å²) >= 11 is 0. The molecule has 8 aromatic rings. The maximum absolute atomic E-state index is 13.6. The minimum atomic E-state index is -4.29. The van der Waals surface area contributed by atoms with E-state index in [1.54, 1.807) is 60.4 Å². The second-order valence-corrected chi connectivity index (χ2v) is 19.2. The lowest BCUT2D eigenvalue weighted by atomic mass is 9.76. The minimum absolute atomic E-state index is 0.0598. The second-order valence-electron chi connectivity index (χ2n) is 15.7. The van der Waals surface area contributed by atoms with Crippen LogP contribution < -0.4 is 25.8 Å². The van der Waals surface area contributed by atoms with Gasteiger partial charge in [-0.15, -0.1) is 0 Å². The third-order valence-electron chi connectivity index (χ3n) is 11.5. The van der Waals surface area contributed by atoms with Crippen molar-refractivity contribution in [1.82, 2.24) is 34.1 Å². The number of methoxy groups -OCH3 is 1. The number of imidazole rings is 1. The normalized spacial score (nSPS) is 12.4. The number of anilines is 1. The molecule has 16 nitrogen and oxygen atoms in total. The number of nitrogens with two attached hydrogens (primary N) is 1.